The minimum atomic E-state index is -3.80. The van der Waals surface area contributed by atoms with E-state index in [9.17, 15) is 18.9 Å². The molecule has 1 unspecified atom stereocenters. The molecular weight excluding hydrogens is 489 g/mol. The molecule has 0 aromatic heterocycles. The summed E-state index contributed by atoms with van der Waals surface area (Å²) in [5.41, 5.74) is 0. The molecule has 0 saturated carbocycles. The molecule has 1 aromatic carbocycles. The monoisotopic (exact) mass is 512 g/mol. The summed E-state index contributed by atoms with van der Waals surface area (Å²) in [6.45, 7) is 4.90. The maximum absolute atomic E-state index is 13.6. The van der Waals surface area contributed by atoms with Gasteiger partial charge in [0.25, 0.3) is 5.90 Å². The van der Waals surface area contributed by atoms with E-state index in [1.54, 1.807) is 44.2 Å². The number of benzene rings is 1. The van der Waals surface area contributed by atoms with Crippen molar-refractivity contribution in [3.8, 4) is 5.75 Å². The minimum Gasteiger partial charge on any atom is -0.462 e. The molecule has 182 valence electrons. The van der Waals surface area contributed by atoms with Crippen LogP contribution >= 0.6 is 19.1 Å². The zero-order valence-corrected chi connectivity index (χ0v) is 20.2. The molecule has 0 fully saturated rings. The smallest absolute Gasteiger partial charge is 0.462 e. The predicted molar refractivity (Wildman–Crippen MR) is 121 cm³/mol. The summed E-state index contributed by atoms with van der Waals surface area (Å²) in [6, 6.07) is 6.67. The van der Waals surface area contributed by atoms with Crippen molar-refractivity contribution in [2.75, 3.05) is 6.35 Å². The Balaban J connectivity index is 1.71. The number of imide groups is 1. The first-order valence-electron chi connectivity index (χ1n) is 10.2. The maximum atomic E-state index is 13.6. The van der Waals surface area contributed by atoms with Gasteiger partial charge >= 0.3 is 25.4 Å². The highest BCUT2D eigenvalue weighted by atomic mass is 35.5. The molecular formula is C21H24ClN3O8P+. The second kappa shape index (κ2) is 11.0. The van der Waals surface area contributed by atoms with Gasteiger partial charge in [0, 0.05) is 6.08 Å². The number of nitrogens with one attached hydrogen (secondary N) is 2. The highest BCUT2D eigenvalue weighted by Gasteiger charge is 2.36. The Labute approximate surface area is 200 Å². The van der Waals surface area contributed by atoms with E-state index < -0.39 is 44.1 Å². The normalized spacial score (nSPS) is 22.5. The number of ether oxygens (including phenoxy) is 3. The van der Waals surface area contributed by atoms with Crippen molar-refractivity contribution in [2.24, 2.45) is 0 Å². The summed E-state index contributed by atoms with van der Waals surface area (Å²) < 4.78 is 36.5. The Morgan fingerprint density at radius 3 is 2.65 bits per heavy atom. The number of urea groups is 1. The molecule has 0 saturated heterocycles. The van der Waals surface area contributed by atoms with Crippen molar-refractivity contribution < 1.29 is 42.3 Å². The van der Waals surface area contributed by atoms with E-state index in [1.165, 1.54) is 19.1 Å². The number of carbonyl (C=O) groups is 3. The van der Waals surface area contributed by atoms with Crippen LogP contribution in [-0.4, -0.2) is 53.2 Å². The molecule has 2 aliphatic rings. The minimum absolute atomic E-state index is 0.0359. The number of halogens is 1. The zero-order valence-electron chi connectivity index (χ0n) is 18.6. The van der Waals surface area contributed by atoms with Crippen molar-refractivity contribution in [3.63, 3.8) is 0 Å². The third kappa shape index (κ3) is 6.77. The van der Waals surface area contributed by atoms with Gasteiger partial charge in [-0.1, -0.05) is 29.8 Å². The highest BCUT2D eigenvalue weighted by molar-refractivity contribution is 7.57. The molecule has 13 heteroatoms. The van der Waals surface area contributed by atoms with E-state index in [0.29, 0.717) is 5.75 Å². The van der Waals surface area contributed by atoms with Gasteiger partial charge in [-0.05, 0) is 39.0 Å². The molecule has 0 bridgehead atoms. The molecule has 2 heterocycles. The van der Waals surface area contributed by atoms with Gasteiger partial charge in [0.2, 0.25) is 6.29 Å². The average Bonchev–Trinajstić information content (AvgIpc) is 3.24. The van der Waals surface area contributed by atoms with Crippen LogP contribution in [0.15, 0.2) is 53.7 Å². The fourth-order valence-electron chi connectivity index (χ4n) is 2.79. The van der Waals surface area contributed by atoms with E-state index in [4.69, 9.17) is 30.3 Å². The van der Waals surface area contributed by atoms with Crippen LogP contribution in [0.3, 0.4) is 0 Å². The van der Waals surface area contributed by atoms with Crippen LogP contribution in [0.5, 0.6) is 5.75 Å². The molecule has 3 amide bonds. The lowest BCUT2D eigenvalue weighted by atomic mass is 10.3. The molecule has 0 aliphatic carbocycles. The van der Waals surface area contributed by atoms with Crippen molar-refractivity contribution >= 4 is 42.9 Å². The number of esters is 1. The molecule has 11 nitrogen and oxygen atoms in total. The fraction of sp³-hybridized carbons (Fsp3) is 0.333. The van der Waals surface area contributed by atoms with Crippen molar-refractivity contribution in [2.45, 2.75) is 39.2 Å². The van der Waals surface area contributed by atoms with Gasteiger partial charge < -0.3 is 18.7 Å². The molecule has 0 radical (unpaired) electrons. The Hall–Kier alpha value is -2.98. The van der Waals surface area contributed by atoms with Crippen LogP contribution in [0.25, 0.3) is 0 Å². The number of hydrogen-bond donors (Lipinski definition) is 2. The summed E-state index contributed by atoms with van der Waals surface area (Å²) >= 11 is 5.78. The summed E-state index contributed by atoms with van der Waals surface area (Å²) in [7, 11) is -3.80. The zero-order chi connectivity index (χ0) is 24.9. The third-order valence-electron chi connectivity index (χ3n) is 4.27. The summed E-state index contributed by atoms with van der Waals surface area (Å²) in [5.74, 6) is -0.993. The van der Waals surface area contributed by atoms with Gasteiger partial charge in [0.15, 0.2) is 11.4 Å². The number of nitrogens with zero attached hydrogens (tertiary/aromatic N) is 1. The number of amides is 3. The summed E-state index contributed by atoms with van der Waals surface area (Å²) in [4.78, 5) is 35.7. The second-order valence-electron chi connectivity index (χ2n) is 7.50. The lowest BCUT2D eigenvalue weighted by molar-refractivity contribution is -0.366. The van der Waals surface area contributed by atoms with E-state index in [2.05, 4.69) is 10.4 Å². The Morgan fingerprint density at radius 1 is 1.26 bits per heavy atom. The lowest BCUT2D eigenvalue weighted by Gasteiger charge is -2.24. The van der Waals surface area contributed by atoms with Crippen LogP contribution in [-0.2, 0) is 28.4 Å². The van der Waals surface area contributed by atoms with Gasteiger partial charge in [-0.2, -0.15) is 10.1 Å². The van der Waals surface area contributed by atoms with Crippen LogP contribution < -0.4 is 14.9 Å². The lowest BCUT2D eigenvalue weighted by Crippen LogP contribution is -2.42. The van der Waals surface area contributed by atoms with E-state index in [-0.39, 0.29) is 17.0 Å². The maximum Gasteiger partial charge on any atom is 0.506 e. The Bertz CT molecular complexity index is 1100. The molecule has 34 heavy (non-hydrogen) atoms. The van der Waals surface area contributed by atoms with Crippen molar-refractivity contribution in [3.05, 3.63) is 53.7 Å². The topological polar surface area (TPSA) is 132 Å². The van der Waals surface area contributed by atoms with Crippen LogP contribution in [0.4, 0.5) is 4.79 Å². The standard InChI is InChI=1S/C21H23ClN3O8P/c1-13(2)31-20(27)14(3)24-34(29,33-15-7-5-4-6-8-15)12-30-18-10-9-17(32-18)25-11-16(22)19(26)23-21(25)28/h4-11,13-14,18H,12H2,1-3H3,(H-,23,24,26,28,29)/p+1/b25-17-/t14-,18+,34?/m1/s1. The van der Waals surface area contributed by atoms with Gasteiger partial charge in [-0.3, -0.25) is 9.36 Å². The number of para-hydroxylation sites is 1. The molecule has 2 aliphatic heterocycles. The predicted octanol–water partition coefficient (Wildman–Crippen LogP) is 2.82. The first-order valence-corrected chi connectivity index (χ1v) is 12.4. The van der Waals surface area contributed by atoms with Crippen LogP contribution in [0, 0.1) is 0 Å². The fourth-order valence-corrected chi connectivity index (χ4v) is 4.62. The first-order chi connectivity index (χ1) is 16.1. The van der Waals surface area contributed by atoms with Crippen LogP contribution in [0.1, 0.15) is 20.8 Å². The van der Waals surface area contributed by atoms with Gasteiger partial charge in [0.05, 0.1) is 6.10 Å². The molecule has 3 atom stereocenters. The quantitative estimate of drug-likeness (QED) is 0.291. The second-order valence-corrected chi connectivity index (χ2v) is 9.95. The number of rotatable bonds is 9. The summed E-state index contributed by atoms with van der Waals surface area (Å²) in [5, 5.41) is 4.52. The van der Waals surface area contributed by atoms with Crippen molar-refractivity contribution in [1.82, 2.24) is 10.4 Å². The number of carbonyl (C=O) groups excluding carboxylic acids is 3. The highest BCUT2D eigenvalue weighted by Crippen LogP contribution is 2.44. The number of hydrogen-bond acceptors (Lipinski definition) is 8. The molecule has 0 spiro atoms. The van der Waals surface area contributed by atoms with E-state index in [0.717, 1.165) is 10.8 Å². The summed E-state index contributed by atoms with van der Waals surface area (Å²) in [6.07, 6.45) is 2.14. The Kier molecular flexibility index (Phi) is 8.27. The van der Waals surface area contributed by atoms with Gasteiger partial charge in [-0.25, -0.2) is 9.88 Å². The largest absolute Gasteiger partial charge is 0.506 e. The molecule has 3 rings (SSSR count). The first kappa shape index (κ1) is 25.6. The van der Waals surface area contributed by atoms with Crippen molar-refractivity contribution in [1.29, 1.82) is 0 Å². The van der Waals surface area contributed by atoms with Gasteiger partial charge in [0.1, 0.15) is 18.0 Å². The SMILES string of the molecule is CC(C)OC(=O)[C@@H](C)NP(=O)(CO[C@@H]1C=C/C(=[N+]2\C=C(Cl)C(=O)NC2=O)O1)Oc1ccccc1. The molecule has 1 aromatic rings. The van der Waals surface area contributed by atoms with E-state index in [1.807, 2.05) is 0 Å². The third-order valence-corrected chi connectivity index (χ3v) is 6.31. The van der Waals surface area contributed by atoms with E-state index >= 15 is 0 Å². The molecule has 2 N–H and O–H groups in total. The van der Waals surface area contributed by atoms with Gasteiger partial charge in [-0.15, -0.1) is 4.58 Å². The Morgan fingerprint density at radius 2 is 1.97 bits per heavy atom. The van der Waals surface area contributed by atoms with Crippen LogP contribution in [0.2, 0.25) is 0 Å². The average molecular weight is 513 g/mol.